The molecular formula is C9H9ClN2OS. The summed E-state index contributed by atoms with van der Waals surface area (Å²) in [5.41, 5.74) is 0.532. The number of halogens is 1. The Labute approximate surface area is 91.5 Å². The third-order valence-corrected chi connectivity index (χ3v) is 2.99. The number of nitrogens with zero attached hydrogens (tertiary/aromatic N) is 2. The summed E-state index contributed by atoms with van der Waals surface area (Å²) in [5, 5.41) is 10.3. The van der Waals surface area contributed by atoms with Gasteiger partial charge in [0.2, 0.25) is 0 Å². The van der Waals surface area contributed by atoms with Gasteiger partial charge in [-0.05, 0) is 13.0 Å². The average molecular weight is 229 g/mol. The van der Waals surface area contributed by atoms with Gasteiger partial charge in [-0.2, -0.15) is 5.26 Å². The van der Waals surface area contributed by atoms with E-state index in [1.807, 2.05) is 6.07 Å². The van der Waals surface area contributed by atoms with E-state index in [2.05, 4.69) is 0 Å². The summed E-state index contributed by atoms with van der Waals surface area (Å²) in [6.07, 6.45) is 0. The van der Waals surface area contributed by atoms with Gasteiger partial charge in [-0.15, -0.1) is 11.3 Å². The van der Waals surface area contributed by atoms with Crippen LogP contribution < -0.4 is 0 Å². The highest BCUT2D eigenvalue weighted by Gasteiger charge is 2.17. The number of carbonyl (C=O) groups is 1. The van der Waals surface area contributed by atoms with Crippen molar-refractivity contribution in [2.24, 2.45) is 0 Å². The molecule has 1 aromatic heterocycles. The van der Waals surface area contributed by atoms with Crippen molar-refractivity contribution in [2.75, 3.05) is 7.05 Å². The molecule has 0 saturated heterocycles. The molecule has 0 aliphatic carbocycles. The zero-order chi connectivity index (χ0) is 10.7. The number of hydrogen-bond acceptors (Lipinski definition) is 3. The van der Waals surface area contributed by atoms with Crippen molar-refractivity contribution in [2.45, 2.75) is 13.0 Å². The van der Waals surface area contributed by atoms with Crippen molar-refractivity contribution in [3.63, 3.8) is 0 Å². The van der Waals surface area contributed by atoms with Crippen LogP contribution in [0.5, 0.6) is 0 Å². The van der Waals surface area contributed by atoms with E-state index in [4.69, 9.17) is 16.9 Å². The Kier molecular flexibility index (Phi) is 3.50. The van der Waals surface area contributed by atoms with E-state index < -0.39 is 6.04 Å². The Hall–Kier alpha value is -1.05. The number of nitriles is 1. The molecule has 0 N–H and O–H groups in total. The highest BCUT2D eigenvalue weighted by molar-refractivity contribution is 7.14. The molecule has 0 aliphatic heterocycles. The highest BCUT2D eigenvalue weighted by Crippen LogP contribution is 2.21. The summed E-state index contributed by atoms with van der Waals surface area (Å²) in [6.45, 7) is 1.67. The molecule has 0 aromatic carbocycles. The van der Waals surface area contributed by atoms with Crippen LogP contribution in [-0.4, -0.2) is 23.9 Å². The third kappa shape index (κ3) is 2.25. The van der Waals surface area contributed by atoms with Gasteiger partial charge in [0, 0.05) is 12.4 Å². The monoisotopic (exact) mass is 228 g/mol. The Morgan fingerprint density at radius 2 is 2.43 bits per heavy atom. The number of carbonyl (C=O) groups excluding carboxylic acids is 1. The molecule has 1 heterocycles. The lowest BCUT2D eigenvalue weighted by atomic mass is 10.2. The SMILES string of the molecule is CC(C#N)N(C)C(=O)c1csc(Cl)c1. The van der Waals surface area contributed by atoms with E-state index in [1.165, 1.54) is 16.2 Å². The second-order valence-corrected chi connectivity index (χ2v) is 4.40. The van der Waals surface area contributed by atoms with Crippen LogP contribution in [0.3, 0.4) is 0 Å². The number of rotatable bonds is 2. The molecule has 0 bridgehead atoms. The molecule has 3 nitrogen and oxygen atoms in total. The van der Waals surface area contributed by atoms with E-state index in [9.17, 15) is 4.79 Å². The Morgan fingerprint density at radius 3 is 2.86 bits per heavy atom. The zero-order valence-electron chi connectivity index (χ0n) is 7.82. The molecule has 74 valence electrons. The standard InChI is InChI=1S/C9H9ClN2OS/c1-6(4-11)12(2)9(13)7-3-8(10)14-5-7/h3,5-6H,1-2H3. The van der Waals surface area contributed by atoms with E-state index in [1.54, 1.807) is 25.4 Å². The van der Waals surface area contributed by atoms with Crippen LogP contribution in [0.1, 0.15) is 17.3 Å². The molecule has 0 spiro atoms. The first-order valence-electron chi connectivity index (χ1n) is 3.97. The minimum Gasteiger partial charge on any atom is -0.326 e. The van der Waals surface area contributed by atoms with Crippen LogP contribution >= 0.6 is 22.9 Å². The fourth-order valence-corrected chi connectivity index (χ4v) is 1.74. The molecule has 1 amide bonds. The Bertz CT molecular complexity index is 382. The van der Waals surface area contributed by atoms with Gasteiger partial charge in [0.1, 0.15) is 6.04 Å². The van der Waals surface area contributed by atoms with E-state index in [0.717, 1.165) is 0 Å². The van der Waals surface area contributed by atoms with Crippen molar-refractivity contribution in [1.82, 2.24) is 4.90 Å². The van der Waals surface area contributed by atoms with Crippen LogP contribution in [0.4, 0.5) is 0 Å². The van der Waals surface area contributed by atoms with E-state index in [-0.39, 0.29) is 5.91 Å². The van der Waals surface area contributed by atoms with Crippen molar-refractivity contribution < 1.29 is 4.79 Å². The molecule has 0 aliphatic rings. The van der Waals surface area contributed by atoms with Gasteiger partial charge in [0.05, 0.1) is 16.0 Å². The Balaban J connectivity index is 2.81. The number of amides is 1. The molecule has 0 fully saturated rings. The topological polar surface area (TPSA) is 44.1 Å². The molecule has 1 unspecified atom stereocenters. The Morgan fingerprint density at radius 1 is 1.79 bits per heavy atom. The van der Waals surface area contributed by atoms with Crippen molar-refractivity contribution >= 4 is 28.8 Å². The molecule has 0 saturated carbocycles. The van der Waals surface area contributed by atoms with Crippen molar-refractivity contribution in [3.8, 4) is 6.07 Å². The van der Waals surface area contributed by atoms with E-state index in [0.29, 0.717) is 9.90 Å². The van der Waals surface area contributed by atoms with Crippen LogP contribution in [-0.2, 0) is 0 Å². The average Bonchev–Trinajstić information content (AvgIpc) is 2.61. The van der Waals surface area contributed by atoms with Gasteiger partial charge in [-0.25, -0.2) is 0 Å². The van der Waals surface area contributed by atoms with Crippen LogP contribution in [0.25, 0.3) is 0 Å². The molecule has 1 aromatic rings. The molecule has 0 radical (unpaired) electrons. The minimum absolute atomic E-state index is 0.179. The van der Waals surface area contributed by atoms with E-state index >= 15 is 0 Å². The summed E-state index contributed by atoms with van der Waals surface area (Å²) in [5.74, 6) is -0.179. The van der Waals surface area contributed by atoms with Crippen LogP contribution in [0.2, 0.25) is 4.34 Å². The normalized spacial score (nSPS) is 11.9. The predicted octanol–water partition coefficient (Wildman–Crippen LogP) is 2.39. The first-order valence-corrected chi connectivity index (χ1v) is 5.23. The maximum atomic E-state index is 11.7. The molecular weight excluding hydrogens is 220 g/mol. The van der Waals surface area contributed by atoms with Gasteiger partial charge >= 0.3 is 0 Å². The molecule has 1 rings (SSSR count). The summed E-state index contributed by atoms with van der Waals surface area (Å²) >= 11 is 7.01. The fraction of sp³-hybridized carbons (Fsp3) is 0.333. The summed E-state index contributed by atoms with van der Waals surface area (Å²) in [7, 11) is 1.60. The predicted molar refractivity (Wildman–Crippen MR) is 56.5 cm³/mol. The molecule has 1 atom stereocenters. The lowest BCUT2D eigenvalue weighted by molar-refractivity contribution is 0.0773. The number of hydrogen-bond donors (Lipinski definition) is 0. The van der Waals surface area contributed by atoms with Gasteiger partial charge in [-0.1, -0.05) is 11.6 Å². The van der Waals surface area contributed by atoms with Gasteiger partial charge < -0.3 is 4.90 Å². The van der Waals surface area contributed by atoms with Crippen LogP contribution in [0, 0.1) is 11.3 Å². The maximum absolute atomic E-state index is 11.7. The third-order valence-electron chi connectivity index (χ3n) is 1.90. The lowest BCUT2D eigenvalue weighted by Crippen LogP contribution is -2.33. The van der Waals surface area contributed by atoms with Crippen LogP contribution in [0.15, 0.2) is 11.4 Å². The quantitative estimate of drug-likeness (QED) is 0.780. The lowest BCUT2D eigenvalue weighted by Gasteiger charge is -2.18. The molecule has 14 heavy (non-hydrogen) atoms. The highest BCUT2D eigenvalue weighted by atomic mass is 35.5. The first kappa shape index (κ1) is 11.0. The second kappa shape index (κ2) is 4.45. The van der Waals surface area contributed by atoms with Crippen molar-refractivity contribution in [3.05, 3.63) is 21.3 Å². The van der Waals surface area contributed by atoms with Crippen molar-refractivity contribution in [1.29, 1.82) is 5.26 Å². The largest absolute Gasteiger partial charge is 0.326 e. The molecule has 5 heteroatoms. The second-order valence-electron chi connectivity index (χ2n) is 2.86. The minimum atomic E-state index is -0.429. The summed E-state index contributed by atoms with van der Waals surface area (Å²) < 4.78 is 0.575. The first-order chi connectivity index (χ1) is 6.56. The summed E-state index contributed by atoms with van der Waals surface area (Å²) in [6, 6.07) is 3.17. The van der Waals surface area contributed by atoms with Gasteiger partial charge in [-0.3, -0.25) is 4.79 Å². The smallest absolute Gasteiger partial charge is 0.255 e. The zero-order valence-corrected chi connectivity index (χ0v) is 9.39. The summed E-state index contributed by atoms with van der Waals surface area (Å²) in [4.78, 5) is 13.1. The van der Waals surface area contributed by atoms with Gasteiger partial charge in [0.15, 0.2) is 0 Å². The number of thiophene rings is 1. The maximum Gasteiger partial charge on any atom is 0.255 e. The fourth-order valence-electron chi connectivity index (χ4n) is 0.888. The van der Waals surface area contributed by atoms with Gasteiger partial charge in [0.25, 0.3) is 5.91 Å².